The Hall–Kier alpha value is -8.40. The molecule has 110 heavy (non-hydrogen) atoms. The maximum Gasteiger partial charge on any atom is 0.326 e. The number of aromatic hydroxyl groups is 1. The van der Waals surface area contributed by atoms with Crippen molar-refractivity contribution in [3.8, 4) is 5.75 Å². The fourth-order valence-electron chi connectivity index (χ4n) is 12.4. The number of benzene rings is 2. The van der Waals surface area contributed by atoms with Crippen LogP contribution < -0.4 is 98.6 Å². The number of phenolic OH excluding ortho intramolecular Hbond substituents is 1. The summed E-state index contributed by atoms with van der Waals surface area (Å²) in [6.07, 6.45) is 6.64. The van der Waals surface area contributed by atoms with E-state index in [2.05, 4.69) is 58.5 Å². The molecule has 622 valence electrons. The summed E-state index contributed by atoms with van der Waals surface area (Å²) in [5, 5.41) is 50.8. The number of hydrogen-bond donors (Lipinski definition) is 20. The van der Waals surface area contributed by atoms with Crippen LogP contribution >= 0.6 is 0 Å². The van der Waals surface area contributed by atoms with Gasteiger partial charge in [-0.15, -0.1) is 0 Å². The number of aliphatic carboxylic acids is 1. The topological polar surface area (TPSA) is 560 Å². The van der Waals surface area contributed by atoms with Crippen LogP contribution in [0.2, 0.25) is 0 Å². The summed E-state index contributed by atoms with van der Waals surface area (Å²) in [4.78, 5) is 172. The van der Waals surface area contributed by atoms with Crippen LogP contribution in [-0.4, -0.2) is 193 Å². The molecule has 13 atom stereocenters. The largest absolute Gasteiger partial charge is 0.508 e. The third-order valence-corrected chi connectivity index (χ3v) is 18.9. The van der Waals surface area contributed by atoms with Crippen LogP contribution in [0.5, 0.6) is 5.75 Å². The molecule has 32 heteroatoms. The van der Waals surface area contributed by atoms with E-state index in [-0.39, 0.29) is 107 Å². The van der Waals surface area contributed by atoms with Gasteiger partial charge in [0.25, 0.3) is 0 Å². The highest BCUT2D eigenvalue weighted by Crippen LogP contribution is 2.19. The smallest absolute Gasteiger partial charge is 0.326 e. The van der Waals surface area contributed by atoms with Crippen LogP contribution in [0.15, 0.2) is 54.6 Å². The van der Waals surface area contributed by atoms with Gasteiger partial charge in [0, 0.05) is 12.8 Å². The monoisotopic (exact) mass is 1550 g/mol. The van der Waals surface area contributed by atoms with Crippen LogP contribution in [0, 0.1) is 23.7 Å². The van der Waals surface area contributed by atoms with Gasteiger partial charge in [-0.05, 0) is 215 Å². The molecule has 11 amide bonds. The van der Waals surface area contributed by atoms with E-state index in [1.54, 1.807) is 56.3 Å². The normalized spacial score (nSPS) is 15.0. The van der Waals surface area contributed by atoms with Crippen molar-refractivity contribution < 1.29 is 67.7 Å². The average molecular weight is 1550 g/mol. The average Bonchev–Trinajstić information content (AvgIpc) is 0.851. The molecule has 0 fully saturated rings. The Kier molecular flexibility index (Phi) is 48.9. The molecule has 0 spiro atoms. The van der Waals surface area contributed by atoms with Gasteiger partial charge in [0.05, 0.1) is 6.04 Å². The Morgan fingerprint density at radius 1 is 0.318 bits per heavy atom. The zero-order chi connectivity index (χ0) is 82.3. The lowest BCUT2D eigenvalue weighted by Gasteiger charge is -2.30. The number of phenols is 1. The molecule has 0 aliphatic rings. The first-order valence-corrected chi connectivity index (χ1v) is 39.7. The van der Waals surface area contributed by atoms with Gasteiger partial charge >= 0.3 is 5.97 Å². The second-order valence-electron chi connectivity index (χ2n) is 30.1. The third kappa shape index (κ3) is 39.0. The number of carboxylic acid groups (broad SMARTS) is 1. The number of unbranched alkanes of at least 4 members (excludes halogenated alkanes) is 6. The maximum absolute atomic E-state index is 14.9. The first kappa shape index (κ1) is 97.7. The standard InChI is InChI=1S/C78H136N18O14/c1-9-51(8)66(77(108)95-63(45-50(6)7)72(103)88-58(30-16-22-40-82)70(101)93-65(47-53-33-35-54(97)36-34-53)76(107)92-61(43-48(2)3)73(104)90-60(78(109)110)32-18-24-42-84)96-71(102)59(31-17-23-41-83)87-68(99)57(29-15-21-39-81)89-75(106)64(46-52-25-11-10-12-26-52)94-74(105)62(44-49(4)5)91-69(100)56(28-14-20-38-80)86-67(98)55(85)27-13-19-37-79/h10-12,25-26,33-36,48-51,55-66,97H,9,13-24,27-32,37-47,79-85H2,1-8H3,(H,86,98)(H,87,99)(H,88,103)(H,89,106)(H,90,104)(H,91,100)(H,92,107)(H,93,101)(H,94,105)(H,95,108)(H,96,102)(H,109,110)/t51-,55-,56-,57-,58-,59-,60-,61-,62-,63-,64-,65-,66-/m0/s1. The zero-order valence-electron chi connectivity index (χ0n) is 66.5. The van der Waals surface area contributed by atoms with E-state index in [0.29, 0.717) is 121 Å². The van der Waals surface area contributed by atoms with Crippen molar-refractivity contribution in [1.29, 1.82) is 0 Å². The minimum Gasteiger partial charge on any atom is -0.508 e. The summed E-state index contributed by atoms with van der Waals surface area (Å²) >= 11 is 0. The molecule has 0 aliphatic carbocycles. The summed E-state index contributed by atoms with van der Waals surface area (Å²) in [7, 11) is 0. The number of nitrogens with two attached hydrogens (primary N) is 7. The molecule has 0 saturated heterocycles. The molecule has 0 aliphatic heterocycles. The minimum atomic E-state index is -1.41. The van der Waals surface area contributed by atoms with Gasteiger partial charge in [0.1, 0.15) is 72.2 Å². The predicted octanol–water partition coefficient (Wildman–Crippen LogP) is 0.880. The highest BCUT2D eigenvalue weighted by atomic mass is 16.4. The van der Waals surface area contributed by atoms with E-state index in [1.807, 2.05) is 41.5 Å². The lowest BCUT2D eigenvalue weighted by atomic mass is 9.95. The molecule has 0 radical (unpaired) electrons. The molecule has 0 unspecified atom stereocenters. The molecule has 0 bridgehead atoms. The summed E-state index contributed by atoms with van der Waals surface area (Å²) in [5.74, 6) is -10.6. The molecule has 27 N–H and O–H groups in total. The first-order chi connectivity index (χ1) is 52.4. The SMILES string of the molecule is CC[C@H](C)[C@H](NC(=O)[C@H](CCCCN)NC(=O)[C@H](CCCCN)NC(=O)[C@H](Cc1ccccc1)NC(=O)[C@H](CC(C)C)NC(=O)[C@H](CCCCN)NC(=O)[C@@H](N)CCCCN)C(=O)N[C@@H](CC(C)C)C(=O)N[C@@H](CCCCN)C(=O)N[C@@H](Cc1ccc(O)cc1)C(=O)N[C@@H](CC(C)C)C(=O)N[C@@H](CCCCN)C(=O)O. The number of carbonyl (C=O) groups excluding carboxylic acids is 11. The van der Waals surface area contributed by atoms with E-state index in [4.69, 9.17) is 40.1 Å². The lowest BCUT2D eigenvalue weighted by Crippen LogP contribution is -2.61. The Balaban J connectivity index is 2.61. The van der Waals surface area contributed by atoms with Crippen LogP contribution in [0.1, 0.15) is 208 Å². The number of nitrogens with one attached hydrogen (secondary N) is 11. The summed E-state index contributed by atoms with van der Waals surface area (Å²) in [5.41, 5.74) is 42.2. The van der Waals surface area contributed by atoms with E-state index in [9.17, 15) is 67.7 Å². The highest BCUT2D eigenvalue weighted by Gasteiger charge is 2.38. The maximum atomic E-state index is 14.9. The van der Waals surface area contributed by atoms with Gasteiger partial charge in [-0.1, -0.05) is 111 Å². The van der Waals surface area contributed by atoms with E-state index in [1.165, 1.54) is 12.1 Å². The highest BCUT2D eigenvalue weighted by molar-refractivity contribution is 5.99. The molecule has 2 rings (SSSR count). The number of hydrogen-bond acceptors (Lipinski definition) is 20. The predicted molar refractivity (Wildman–Crippen MR) is 424 cm³/mol. The molecule has 32 nitrogen and oxygen atoms in total. The molecule has 0 aromatic heterocycles. The Morgan fingerprint density at radius 2 is 0.582 bits per heavy atom. The third-order valence-electron chi connectivity index (χ3n) is 18.9. The number of amides is 11. The van der Waals surface area contributed by atoms with Gasteiger partial charge in [0.2, 0.25) is 65.0 Å². The van der Waals surface area contributed by atoms with Gasteiger partial charge in [0.15, 0.2) is 0 Å². The van der Waals surface area contributed by atoms with E-state index in [0.717, 1.165) is 0 Å². The summed E-state index contributed by atoms with van der Waals surface area (Å²) < 4.78 is 0. The van der Waals surface area contributed by atoms with Crippen molar-refractivity contribution in [3.05, 3.63) is 65.7 Å². The van der Waals surface area contributed by atoms with Gasteiger partial charge in [-0.2, -0.15) is 0 Å². The molecule has 0 heterocycles. The molecule has 0 saturated carbocycles. The van der Waals surface area contributed by atoms with Crippen molar-refractivity contribution in [3.63, 3.8) is 0 Å². The van der Waals surface area contributed by atoms with Crippen LogP contribution in [0.25, 0.3) is 0 Å². The molecular weight excluding hydrogens is 1410 g/mol. The fraction of sp³-hybridized carbons (Fsp3) is 0.692. The quantitative estimate of drug-likeness (QED) is 0.0409. The zero-order valence-corrected chi connectivity index (χ0v) is 66.5. The first-order valence-electron chi connectivity index (χ1n) is 39.7. The number of rotatable bonds is 59. The van der Waals surface area contributed by atoms with Gasteiger partial charge in [-0.25, -0.2) is 4.79 Å². The van der Waals surface area contributed by atoms with Crippen molar-refractivity contribution in [2.24, 2.45) is 63.8 Å². The molecule has 2 aromatic carbocycles. The van der Waals surface area contributed by atoms with Gasteiger partial charge < -0.3 is 109 Å². The number of carboxylic acids is 1. The van der Waals surface area contributed by atoms with Crippen molar-refractivity contribution in [2.75, 3.05) is 39.3 Å². The summed E-state index contributed by atoms with van der Waals surface area (Å²) in [6.45, 7) is 16.3. The second-order valence-corrected chi connectivity index (χ2v) is 30.1. The Morgan fingerprint density at radius 3 is 0.909 bits per heavy atom. The molecular formula is C78H136N18O14. The fourth-order valence-corrected chi connectivity index (χ4v) is 12.4. The second kappa shape index (κ2) is 55.1. The van der Waals surface area contributed by atoms with Gasteiger partial charge in [-0.3, -0.25) is 52.7 Å². The Bertz CT molecular complexity index is 3100. The minimum absolute atomic E-state index is 0.0176. The van der Waals surface area contributed by atoms with Crippen LogP contribution in [0.3, 0.4) is 0 Å². The van der Waals surface area contributed by atoms with Crippen molar-refractivity contribution >= 4 is 70.9 Å². The Labute approximate surface area is 651 Å². The van der Waals surface area contributed by atoms with Crippen LogP contribution in [-0.2, 0) is 70.4 Å². The lowest BCUT2D eigenvalue weighted by molar-refractivity contribution is -0.142. The number of carbonyl (C=O) groups is 12. The van der Waals surface area contributed by atoms with Crippen molar-refractivity contribution in [2.45, 2.75) is 282 Å². The molecule has 2 aromatic rings. The van der Waals surface area contributed by atoms with Crippen molar-refractivity contribution in [1.82, 2.24) is 58.5 Å². The van der Waals surface area contributed by atoms with Crippen LogP contribution in [0.4, 0.5) is 0 Å². The van der Waals surface area contributed by atoms with E-state index >= 15 is 0 Å². The summed E-state index contributed by atoms with van der Waals surface area (Å²) in [6, 6.07) is -0.363. The van der Waals surface area contributed by atoms with E-state index < -0.39 is 149 Å².